The van der Waals surface area contributed by atoms with E-state index in [1.54, 1.807) is 19.1 Å². The zero-order chi connectivity index (χ0) is 12.1. The molecule has 0 spiro atoms. The van der Waals surface area contributed by atoms with Crippen molar-refractivity contribution in [2.75, 3.05) is 20.3 Å². The van der Waals surface area contributed by atoms with Crippen LogP contribution in [0.4, 0.5) is 8.78 Å². The number of hydrogen-bond acceptors (Lipinski definition) is 2. The van der Waals surface area contributed by atoms with Crippen molar-refractivity contribution in [1.82, 2.24) is 5.32 Å². The van der Waals surface area contributed by atoms with Crippen molar-refractivity contribution in [2.45, 2.75) is 19.9 Å². The summed E-state index contributed by atoms with van der Waals surface area (Å²) in [6.45, 7) is 4.43. The summed E-state index contributed by atoms with van der Waals surface area (Å²) in [6, 6.07) is 2.86. The van der Waals surface area contributed by atoms with Gasteiger partial charge in [0.15, 0.2) is 11.6 Å². The van der Waals surface area contributed by atoms with Crippen LogP contribution in [-0.2, 0) is 4.74 Å². The molecule has 1 N–H and O–H groups in total. The highest BCUT2D eigenvalue weighted by molar-refractivity contribution is 5.28. The van der Waals surface area contributed by atoms with Gasteiger partial charge in [-0.2, -0.15) is 0 Å². The number of rotatable bonds is 5. The first kappa shape index (κ1) is 13.1. The van der Waals surface area contributed by atoms with E-state index >= 15 is 0 Å². The maximum Gasteiger partial charge on any atom is 0.163 e. The third-order valence-electron chi connectivity index (χ3n) is 2.46. The second-order valence-corrected chi connectivity index (χ2v) is 3.67. The van der Waals surface area contributed by atoms with E-state index in [1.165, 1.54) is 7.11 Å². The summed E-state index contributed by atoms with van der Waals surface area (Å²) < 4.78 is 32.1. The molecular weight excluding hydrogens is 212 g/mol. The minimum Gasteiger partial charge on any atom is -0.383 e. The number of benzene rings is 1. The van der Waals surface area contributed by atoms with Gasteiger partial charge in [0.2, 0.25) is 0 Å². The Labute approximate surface area is 94.6 Å². The Hall–Kier alpha value is -1.00. The second kappa shape index (κ2) is 5.92. The number of methoxy groups -OCH3 is 1. The van der Waals surface area contributed by atoms with E-state index in [2.05, 4.69) is 5.32 Å². The van der Waals surface area contributed by atoms with Crippen LogP contribution >= 0.6 is 0 Å². The molecule has 0 radical (unpaired) electrons. The third-order valence-corrected chi connectivity index (χ3v) is 2.46. The Bertz CT molecular complexity index is 349. The van der Waals surface area contributed by atoms with Crippen molar-refractivity contribution in [2.24, 2.45) is 0 Å². The maximum absolute atomic E-state index is 13.7. The van der Waals surface area contributed by atoms with Gasteiger partial charge >= 0.3 is 0 Å². The lowest BCUT2D eigenvalue weighted by molar-refractivity contribution is 0.166. The Morgan fingerprint density at radius 3 is 2.56 bits per heavy atom. The molecule has 0 aliphatic heterocycles. The van der Waals surface area contributed by atoms with Crippen molar-refractivity contribution in [3.63, 3.8) is 0 Å². The van der Waals surface area contributed by atoms with Crippen LogP contribution in [0, 0.1) is 18.6 Å². The Morgan fingerprint density at radius 2 is 2.00 bits per heavy atom. The minimum absolute atomic E-state index is 0.312. The first-order valence-electron chi connectivity index (χ1n) is 5.28. The van der Waals surface area contributed by atoms with E-state index in [0.717, 1.165) is 0 Å². The lowest BCUT2D eigenvalue weighted by Crippen LogP contribution is -2.26. The van der Waals surface area contributed by atoms with Crippen molar-refractivity contribution in [1.29, 1.82) is 0 Å². The van der Waals surface area contributed by atoms with Gasteiger partial charge in [-0.3, -0.25) is 0 Å². The third kappa shape index (κ3) is 2.77. The summed E-state index contributed by atoms with van der Waals surface area (Å²) in [7, 11) is 1.53. The van der Waals surface area contributed by atoms with E-state index in [1.807, 2.05) is 6.92 Å². The van der Waals surface area contributed by atoms with E-state index in [9.17, 15) is 8.78 Å². The molecule has 1 rings (SSSR count). The van der Waals surface area contributed by atoms with E-state index < -0.39 is 11.6 Å². The van der Waals surface area contributed by atoms with Crippen LogP contribution < -0.4 is 5.32 Å². The minimum atomic E-state index is -0.789. The highest BCUT2D eigenvalue weighted by atomic mass is 19.2. The van der Waals surface area contributed by atoms with Gasteiger partial charge in [0.05, 0.1) is 12.6 Å². The van der Waals surface area contributed by atoms with Gasteiger partial charge in [0.25, 0.3) is 0 Å². The Kier molecular flexibility index (Phi) is 4.83. The molecule has 0 amide bonds. The molecule has 1 aromatic carbocycles. The SMILES string of the molecule is CCNC(COC)c1ccc(C)c(F)c1F. The van der Waals surface area contributed by atoms with Crippen molar-refractivity contribution in [3.8, 4) is 0 Å². The Balaban J connectivity index is 3.04. The molecule has 0 aliphatic carbocycles. The molecule has 1 atom stereocenters. The van der Waals surface area contributed by atoms with Gasteiger partial charge in [0.1, 0.15) is 0 Å². The lowest BCUT2D eigenvalue weighted by atomic mass is 10.0. The summed E-state index contributed by atoms with van der Waals surface area (Å²) >= 11 is 0. The van der Waals surface area contributed by atoms with Crippen LogP contribution in [0.25, 0.3) is 0 Å². The Morgan fingerprint density at radius 1 is 1.31 bits per heavy atom. The summed E-state index contributed by atoms with van der Waals surface area (Å²) in [5, 5.41) is 3.06. The molecule has 0 heterocycles. The maximum atomic E-state index is 13.7. The van der Waals surface area contributed by atoms with Gasteiger partial charge in [-0.25, -0.2) is 8.78 Å². The van der Waals surface area contributed by atoms with E-state index in [-0.39, 0.29) is 6.04 Å². The van der Waals surface area contributed by atoms with E-state index in [0.29, 0.717) is 24.3 Å². The molecule has 0 aliphatic rings. The quantitative estimate of drug-likeness (QED) is 0.837. The molecule has 2 nitrogen and oxygen atoms in total. The van der Waals surface area contributed by atoms with Crippen LogP contribution in [-0.4, -0.2) is 20.3 Å². The van der Waals surface area contributed by atoms with Crippen LogP contribution in [0.3, 0.4) is 0 Å². The molecule has 0 bridgehead atoms. The van der Waals surface area contributed by atoms with Gasteiger partial charge in [-0.15, -0.1) is 0 Å². The molecule has 1 unspecified atom stereocenters. The fourth-order valence-corrected chi connectivity index (χ4v) is 1.60. The number of halogens is 2. The second-order valence-electron chi connectivity index (χ2n) is 3.67. The van der Waals surface area contributed by atoms with Crippen LogP contribution in [0.5, 0.6) is 0 Å². The molecule has 0 aromatic heterocycles. The standard InChI is InChI=1S/C12H17F2NO/c1-4-15-10(7-16-3)9-6-5-8(2)11(13)12(9)14/h5-6,10,15H,4,7H2,1-3H3. The fraction of sp³-hybridized carbons (Fsp3) is 0.500. The monoisotopic (exact) mass is 229 g/mol. The molecule has 90 valence electrons. The molecule has 0 saturated carbocycles. The molecule has 1 aromatic rings. The van der Waals surface area contributed by atoms with Crippen molar-refractivity contribution in [3.05, 3.63) is 34.9 Å². The van der Waals surface area contributed by atoms with Crippen molar-refractivity contribution >= 4 is 0 Å². The average molecular weight is 229 g/mol. The number of hydrogen-bond donors (Lipinski definition) is 1. The van der Waals surface area contributed by atoms with Crippen molar-refractivity contribution < 1.29 is 13.5 Å². The smallest absolute Gasteiger partial charge is 0.163 e. The summed E-state index contributed by atoms with van der Waals surface area (Å²) in [6.07, 6.45) is 0. The van der Waals surface area contributed by atoms with Gasteiger partial charge < -0.3 is 10.1 Å². The number of aryl methyl sites for hydroxylation is 1. The van der Waals surface area contributed by atoms with E-state index in [4.69, 9.17) is 4.74 Å². The highest BCUT2D eigenvalue weighted by Crippen LogP contribution is 2.21. The molecule has 16 heavy (non-hydrogen) atoms. The molecule has 0 fully saturated rings. The zero-order valence-electron chi connectivity index (χ0n) is 9.81. The first-order chi connectivity index (χ1) is 7.61. The molecular formula is C12H17F2NO. The lowest BCUT2D eigenvalue weighted by Gasteiger charge is -2.18. The predicted octanol–water partition coefficient (Wildman–Crippen LogP) is 2.57. The topological polar surface area (TPSA) is 21.3 Å². The number of nitrogens with one attached hydrogen (secondary N) is 1. The first-order valence-corrected chi connectivity index (χ1v) is 5.28. The summed E-state index contributed by atoms with van der Waals surface area (Å²) in [4.78, 5) is 0. The molecule has 0 saturated heterocycles. The summed E-state index contributed by atoms with van der Waals surface area (Å²) in [5.74, 6) is -1.57. The van der Waals surface area contributed by atoms with Gasteiger partial charge in [0, 0.05) is 12.7 Å². The number of ether oxygens (including phenoxy) is 1. The van der Waals surface area contributed by atoms with Crippen LogP contribution in [0.2, 0.25) is 0 Å². The summed E-state index contributed by atoms with van der Waals surface area (Å²) in [5.41, 5.74) is 0.626. The van der Waals surface area contributed by atoms with Crippen LogP contribution in [0.15, 0.2) is 12.1 Å². The fourth-order valence-electron chi connectivity index (χ4n) is 1.60. The van der Waals surface area contributed by atoms with Gasteiger partial charge in [-0.05, 0) is 19.0 Å². The van der Waals surface area contributed by atoms with Crippen LogP contribution in [0.1, 0.15) is 24.1 Å². The highest BCUT2D eigenvalue weighted by Gasteiger charge is 2.18. The zero-order valence-corrected chi connectivity index (χ0v) is 9.81. The normalized spacial score (nSPS) is 12.8. The van der Waals surface area contributed by atoms with Gasteiger partial charge in [-0.1, -0.05) is 19.1 Å². The number of likely N-dealkylation sites (N-methyl/N-ethyl adjacent to an activating group) is 1. The largest absolute Gasteiger partial charge is 0.383 e. The average Bonchev–Trinajstić information content (AvgIpc) is 2.26. The molecule has 4 heteroatoms. The predicted molar refractivity (Wildman–Crippen MR) is 59.4 cm³/mol.